The molecular formula is C26H25ClN6O. The first-order valence-electron chi connectivity index (χ1n) is 10.8. The Balaban J connectivity index is 1.57. The maximum absolute atomic E-state index is 13.3. The summed E-state index contributed by atoms with van der Waals surface area (Å²) in [7, 11) is 0. The normalized spacial score (nSPS) is 14.4. The second-order valence-electron chi connectivity index (χ2n) is 8.07. The van der Waals surface area contributed by atoms with E-state index in [4.69, 9.17) is 22.7 Å². The number of allylic oxidation sites excluding steroid dienone is 5. The highest BCUT2D eigenvalue weighted by molar-refractivity contribution is 6.31. The van der Waals surface area contributed by atoms with Crippen molar-refractivity contribution < 1.29 is 4.79 Å². The predicted octanol–water partition coefficient (Wildman–Crippen LogP) is 4.29. The molecular weight excluding hydrogens is 448 g/mol. The van der Waals surface area contributed by atoms with Crippen LogP contribution in [0.4, 0.5) is 5.82 Å². The van der Waals surface area contributed by atoms with E-state index < -0.39 is 0 Å². The van der Waals surface area contributed by atoms with E-state index >= 15 is 0 Å². The van der Waals surface area contributed by atoms with Crippen LogP contribution >= 0.6 is 11.6 Å². The maximum atomic E-state index is 13.3. The van der Waals surface area contributed by atoms with Gasteiger partial charge < -0.3 is 21.8 Å². The topological polar surface area (TPSA) is 117 Å². The van der Waals surface area contributed by atoms with Crippen LogP contribution in [0, 0.1) is 19.3 Å². The zero-order valence-electron chi connectivity index (χ0n) is 18.9. The predicted molar refractivity (Wildman–Crippen MR) is 137 cm³/mol. The third-order valence-corrected chi connectivity index (χ3v) is 5.81. The standard InChI is InChI=1S/C26H25ClN6O/c1-15-9-24(29)33-16(2)21(15)14-32-26(34)25(20-5-3-4-6-22(20)28)31-12-17-7-8-23-18(10-17)11-19(27)13-30-23/h3-11,13,28,31H,12,14H2,1-2H3,(H2,29,33)(H,32,34)/b25-20-,28-22?. The summed E-state index contributed by atoms with van der Waals surface area (Å²) in [4.78, 5) is 21.9. The van der Waals surface area contributed by atoms with Gasteiger partial charge in [-0.05, 0) is 60.9 Å². The smallest absolute Gasteiger partial charge is 0.268 e. The lowest BCUT2D eigenvalue weighted by molar-refractivity contribution is -0.118. The van der Waals surface area contributed by atoms with Crippen molar-refractivity contribution in [2.45, 2.75) is 26.9 Å². The molecule has 5 N–H and O–H groups in total. The molecule has 34 heavy (non-hydrogen) atoms. The van der Waals surface area contributed by atoms with Gasteiger partial charge in [0.05, 0.1) is 16.3 Å². The number of anilines is 1. The maximum Gasteiger partial charge on any atom is 0.268 e. The molecule has 0 bridgehead atoms. The first-order chi connectivity index (χ1) is 16.3. The van der Waals surface area contributed by atoms with Gasteiger partial charge in [0.15, 0.2) is 0 Å². The second kappa shape index (κ2) is 9.89. The first kappa shape index (κ1) is 23.2. The van der Waals surface area contributed by atoms with E-state index in [1.54, 1.807) is 30.5 Å². The summed E-state index contributed by atoms with van der Waals surface area (Å²) in [6.07, 6.45) is 8.61. The van der Waals surface area contributed by atoms with Crippen molar-refractivity contribution in [3.63, 3.8) is 0 Å². The monoisotopic (exact) mass is 472 g/mol. The fraction of sp³-hybridized carbons (Fsp3) is 0.154. The lowest BCUT2D eigenvalue weighted by Crippen LogP contribution is -2.34. The summed E-state index contributed by atoms with van der Waals surface area (Å²) < 4.78 is 0. The minimum atomic E-state index is -0.305. The Morgan fingerprint density at radius 3 is 2.65 bits per heavy atom. The molecule has 1 amide bonds. The number of carbonyl (C=O) groups excluding carboxylic acids is 1. The zero-order chi connectivity index (χ0) is 24.2. The molecule has 0 fully saturated rings. The van der Waals surface area contributed by atoms with Crippen molar-refractivity contribution in [1.82, 2.24) is 20.6 Å². The number of nitrogen functional groups attached to an aromatic ring is 1. The van der Waals surface area contributed by atoms with E-state index in [2.05, 4.69) is 20.6 Å². The number of benzene rings is 1. The summed E-state index contributed by atoms with van der Waals surface area (Å²) in [6.45, 7) is 4.50. The molecule has 0 aliphatic heterocycles. The molecule has 1 aromatic carbocycles. The Morgan fingerprint density at radius 2 is 1.88 bits per heavy atom. The Bertz CT molecular complexity index is 1370. The lowest BCUT2D eigenvalue weighted by Gasteiger charge is -2.17. The third kappa shape index (κ3) is 5.15. The zero-order valence-corrected chi connectivity index (χ0v) is 19.7. The number of hydrogen-bond acceptors (Lipinski definition) is 6. The van der Waals surface area contributed by atoms with Gasteiger partial charge in [0.25, 0.3) is 5.91 Å². The van der Waals surface area contributed by atoms with Crippen LogP contribution in [0.25, 0.3) is 10.9 Å². The number of amides is 1. The highest BCUT2D eigenvalue weighted by Crippen LogP contribution is 2.20. The number of nitrogens with one attached hydrogen (secondary N) is 3. The summed E-state index contributed by atoms with van der Waals surface area (Å²) in [5.74, 6) is 0.148. The number of nitrogens with two attached hydrogens (primary N) is 1. The van der Waals surface area contributed by atoms with E-state index in [1.165, 1.54) is 0 Å². The van der Waals surface area contributed by atoms with Gasteiger partial charge in [0.1, 0.15) is 11.5 Å². The van der Waals surface area contributed by atoms with Gasteiger partial charge in [-0.15, -0.1) is 0 Å². The van der Waals surface area contributed by atoms with Crippen LogP contribution in [0.3, 0.4) is 0 Å². The van der Waals surface area contributed by atoms with Crippen LogP contribution < -0.4 is 16.4 Å². The molecule has 0 saturated heterocycles. The van der Waals surface area contributed by atoms with Crippen molar-refractivity contribution in [1.29, 1.82) is 5.41 Å². The van der Waals surface area contributed by atoms with Crippen LogP contribution in [0.15, 0.2) is 72.1 Å². The molecule has 2 aromatic heterocycles. The van der Waals surface area contributed by atoms with E-state index in [1.807, 2.05) is 44.2 Å². The van der Waals surface area contributed by atoms with Crippen LogP contribution in [0.5, 0.6) is 0 Å². The largest absolute Gasteiger partial charge is 0.384 e. The van der Waals surface area contributed by atoms with Crippen molar-refractivity contribution in [2.75, 3.05) is 5.73 Å². The molecule has 1 aliphatic rings. The van der Waals surface area contributed by atoms with E-state index in [0.29, 0.717) is 35.2 Å². The molecule has 172 valence electrons. The molecule has 0 unspecified atom stereocenters. The van der Waals surface area contributed by atoms with E-state index in [-0.39, 0.29) is 11.6 Å². The van der Waals surface area contributed by atoms with Gasteiger partial charge >= 0.3 is 0 Å². The van der Waals surface area contributed by atoms with Crippen LogP contribution in [0.2, 0.25) is 5.02 Å². The van der Waals surface area contributed by atoms with Gasteiger partial charge in [-0.2, -0.15) is 0 Å². The Hall–Kier alpha value is -3.97. The van der Waals surface area contributed by atoms with Crippen molar-refractivity contribution in [3.05, 3.63) is 99.5 Å². The van der Waals surface area contributed by atoms with Gasteiger partial charge in [-0.3, -0.25) is 9.78 Å². The highest BCUT2D eigenvalue weighted by atomic mass is 35.5. The molecule has 0 radical (unpaired) electrons. The molecule has 7 nitrogen and oxygen atoms in total. The fourth-order valence-electron chi connectivity index (χ4n) is 3.87. The van der Waals surface area contributed by atoms with Crippen LogP contribution in [0.1, 0.15) is 22.4 Å². The Labute approximate surface area is 203 Å². The Kier molecular flexibility index (Phi) is 6.75. The number of aryl methyl sites for hydroxylation is 2. The van der Waals surface area contributed by atoms with Gasteiger partial charge in [-0.1, -0.05) is 35.9 Å². The average Bonchev–Trinajstić information content (AvgIpc) is 2.79. The Morgan fingerprint density at radius 1 is 1.09 bits per heavy atom. The number of nitrogens with zero attached hydrogens (tertiary/aromatic N) is 2. The summed E-state index contributed by atoms with van der Waals surface area (Å²) in [5, 5.41) is 16.0. The number of pyridine rings is 2. The number of hydrogen-bond donors (Lipinski definition) is 4. The van der Waals surface area contributed by atoms with Gasteiger partial charge in [0, 0.05) is 35.9 Å². The number of halogens is 1. The SMILES string of the molecule is Cc1cc(N)nc(C)c1CNC(=O)/C(NCc1ccc2ncc(Cl)cc2c1)=C1\C=CC=CC1=N. The average molecular weight is 473 g/mol. The molecule has 0 saturated carbocycles. The molecule has 2 heterocycles. The number of carbonyl (C=O) groups is 1. The van der Waals surface area contributed by atoms with Gasteiger partial charge in [-0.25, -0.2) is 4.98 Å². The first-order valence-corrected chi connectivity index (χ1v) is 11.2. The van der Waals surface area contributed by atoms with Crippen molar-refractivity contribution in [2.24, 2.45) is 0 Å². The number of rotatable bonds is 6. The minimum Gasteiger partial charge on any atom is -0.384 e. The summed E-state index contributed by atoms with van der Waals surface area (Å²) in [5.41, 5.74) is 11.4. The van der Waals surface area contributed by atoms with Crippen molar-refractivity contribution >= 4 is 39.9 Å². The molecule has 3 aromatic rings. The lowest BCUT2D eigenvalue weighted by atomic mass is 10.0. The van der Waals surface area contributed by atoms with Gasteiger partial charge in [0.2, 0.25) is 0 Å². The van der Waals surface area contributed by atoms with Crippen LogP contribution in [-0.2, 0) is 17.9 Å². The minimum absolute atomic E-state index is 0.260. The van der Waals surface area contributed by atoms with Crippen LogP contribution in [-0.4, -0.2) is 21.6 Å². The molecule has 4 rings (SSSR count). The van der Waals surface area contributed by atoms with E-state index in [9.17, 15) is 4.79 Å². The highest BCUT2D eigenvalue weighted by Gasteiger charge is 2.18. The number of fused-ring (bicyclic) bond motifs is 1. The quantitative estimate of drug-likeness (QED) is 0.399. The number of aromatic nitrogens is 2. The van der Waals surface area contributed by atoms with Crippen molar-refractivity contribution in [3.8, 4) is 0 Å². The summed E-state index contributed by atoms with van der Waals surface area (Å²) >= 11 is 6.09. The van der Waals surface area contributed by atoms with E-state index in [0.717, 1.165) is 33.3 Å². The summed E-state index contributed by atoms with van der Waals surface area (Å²) in [6, 6.07) is 9.49. The second-order valence-corrected chi connectivity index (χ2v) is 8.50. The fourth-order valence-corrected chi connectivity index (χ4v) is 4.03. The molecule has 1 aliphatic carbocycles. The molecule has 8 heteroatoms. The molecule has 0 spiro atoms. The molecule has 0 atom stereocenters. The third-order valence-electron chi connectivity index (χ3n) is 5.60.